The number of carbonyl (C=O) groups is 1. The molecule has 0 fully saturated rings. The van der Waals surface area contributed by atoms with E-state index < -0.39 is 0 Å². The summed E-state index contributed by atoms with van der Waals surface area (Å²) in [6, 6.07) is 15.7. The number of benzene rings is 2. The minimum Gasteiger partial charge on any atom is -0.325 e. The van der Waals surface area contributed by atoms with Crippen LogP contribution in [0.1, 0.15) is 25.8 Å². The molecule has 3 nitrogen and oxygen atoms in total. The second-order valence-corrected chi connectivity index (χ2v) is 5.59. The molecule has 1 N–H and O–H groups in total. The zero-order chi connectivity index (χ0) is 16.7. The van der Waals surface area contributed by atoms with Crippen molar-refractivity contribution in [2.45, 2.75) is 32.9 Å². The zero-order valence-electron chi connectivity index (χ0n) is 13.6. The first-order valence-electron chi connectivity index (χ1n) is 7.95. The van der Waals surface area contributed by atoms with Gasteiger partial charge in [0.25, 0.3) is 0 Å². The first-order chi connectivity index (χ1) is 11.1. The highest BCUT2D eigenvalue weighted by Gasteiger charge is 2.21. The quantitative estimate of drug-likeness (QED) is 0.835. The molecule has 122 valence electrons. The third kappa shape index (κ3) is 4.89. The van der Waals surface area contributed by atoms with E-state index in [1.165, 1.54) is 6.07 Å². The van der Waals surface area contributed by atoms with Crippen molar-refractivity contribution in [1.82, 2.24) is 4.90 Å². The van der Waals surface area contributed by atoms with Crippen LogP contribution in [0.2, 0.25) is 0 Å². The van der Waals surface area contributed by atoms with E-state index in [4.69, 9.17) is 0 Å². The summed E-state index contributed by atoms with van der Waals surface area (Å²) in [6.07, 6.45) is 0.900. The summed E-state index contributed by atoms with van der Waals surface area (Å²) in [6.45, 7) is 5.06. The summed E-state index contributed by atoms with van der Waals surface area (Å²) in [4.78, 5) is 14.5. The summed E-state index contributed by atoms with van der Waals surface area (Å²) >= 11 is 0. The van der Waals surface area contributed by atoms with Gasteiger partial charge in [0.05, 0.1) is 6.04 Å². The molecule has 1 unspecified atom stereocenters. The van der Waals surface area contributed by atoms with Crippen LogP contribution in [0.15, 0.2) is 54.6 Å². The molecule has 0 aromatic heterocycles. The van der Waals surface area contributed by atoms with Gasteiger partial charge in [-0.2, -0.15) is 0 Å². The Labute approximate surface area is 137 Å². The topological polar surface area (TPSA) is 32.3 Å². The molecule has 0 spiro atoms. The number of rotatable bonds is 7. The molecule has 0 aliphatic heterocycles. The zero-order valence-corrected chi connectivity index (χ0v) is 13.6. The fourth-order valence-electron chi connectivity index (χ4n) is 2.48. The van der Waals surface area contributed by atoms with E-state index in [-0.39, 0.29) is 17.8 Å². The van der Waals surface area contributed by atoms with Gasteiger partial charge >= 0.3 is 0 Å². The number of halogens is 1. The van der Waals surface area contributed by atoms with Gasteiger partial charge in [-0.15, -0.1) is 0 Å². The molecule has 1 atom stereocenters. The number of carbonyl (C=O) groups excluding carboxylic acids is 1. The average molecular weight is 314 g/mol. The van der Waals surface area contributed by atoms with Crippen LogP contribution < -0.4 is 5.32 Å². The number of nitrogens with one attached hydrogen (secondary N) is 1. The maximum absolute atomic E-state index is 13.9. The van der Waals surface area contributed by atoms with Gasteiger partial charge in [-0.1, -0.05) is 43.3 Å². The minimum absolute atomic E-state index is 0.0824. The van der Waals surface area contributed by atoms with Crippen molar-refractivity contribution in [2.24, 2.45) is 0 Å². The lowest BCUT2D eigenvalue weighted by Gasteiger charge is -2.28. The van der Waals surface area contributed by atoms with Crippen LogP contribution in [-0.2, 0) is 11.3 Å². The van der Waals surface area contributed by atoms with Gasteiger partial charge < -0.3 is 5.32 Å². The van der Waals surface area contributed by atoms with Crippen molar-refractivity contribution >= 4 is 11.6 Å². The molecular formula is C19H23FN2O. The molecule has 2 rings (SSSR count). The molecule has 2 aromatic carbocycles. The highest BCUT2D eigenvalue weighted by molar-refractivity contribution is 5.94. The summed E-state index contributed by atoms with van der Waals surface area (Å²) in [5, 5.41) is 2.91. The Kier molecular flexibility index (Phi) is 6.29. The van der Waals surface area contributed by atoms with Crippen molar-refractivity contribution in [3.63, 3.8) is 0 Å². The Balaban J connectivity index is 2.07. The van der Waals surface area contributed by atoms with E-state index in [1.54, 1.807) is 12.1 Å². The van der Waals surface area contributed by atoms with E-state index >= 15 is 0 Å². The third-order valence-corrected chi connectivity index (χ3v) is 3.81. The maximum Gasteiger partial charge on any atom is 0.241 e. The van der Waals surface area contributed by atoms with E-state index in [0.29, 0.717) is 12.1 Å². The van der Waals surface area contributed by atoms with Crippen molar-refractivity contribution in [3.8, 4) is 0 Å². The molecule has 0 heterocycles. The largest absolute Gasteiger partial charge is 0.325 e. The van der Waals surface area contributed by atoms with E-state index in [1.807, 2.05) is 48.2 Å². The van der Waals surface area contributed by atoms with Gasteiger partial charge in [-0.25, -0.2) is 4.39 Å². The second-order valence-electron chi connectivity index (χ2n) is 5.59. The van der Waals surface area contributed by atoms with Crippen LogP contribution in [-0.4, -0.2) is 23.4 Å². The molecule has 0 aliphatic rings. The predicted molar refractivity (Wildman–Crippen MR) is 91.6 cm³/mol. The van der Waals surface area contributed by atoms with Gasteiger partial charge in [0.2, 0.25) is 5.91 Å². The molecule has 0 aliphatic carbocycles. The maximum atomic E-state index is 13.9. The van der Waals surface area contributed by atoms with E-state index in [2.05, 4.69) is 12.2 Å². The number of anilines is 1. The number of nitrogens with zero attached hydrogens (tertiary/aromatic N) is 1. The van der Waals surface area contributed by atoms with Crippen molar-refractivity contribution in [2.75, 3.05) is 11.9 Å². The summed E-state index contributed by atoms with van der Waals surface area (Å²) in [5.41, 5.74) is 1.38. The predicted octanol–water partition coefficient (Wildman–Crippen LogP) is 4.06. The van der Waals surface area contributed by atoms with E-state index in [9.17, 15) is 9.18 Å². The summed E-state index contributed by atoms with van der Waals surface area (Å²) in [7, 11) is 0. The standard InChI is InChI=1S/C19H23FN2O/c1-3-13-22(14-16-9-7-8-12-18(16)20)15(2)19(23)21-17-10-5-4-6-11-17/h4-12,15H,3,13-14H2,1-2H3,(H,21,23). The monoisotopic (exact) mass is 314 g/mol. The highest BCUT2D eigenvalue weighted by atomic mass is 19.1. The van der Waals surface area contributed by atoms with E-state index in [0.717, 1.165) is 18.7 Å². The smallest absolute Gasteiger partial charge is 0.241 e. The third-order valence-electron chi connectivity index (χ3n) is 3.81. The molecule has 0 saturated carbocycles. The Bertz CT molecular complexity index is 630. The number of para-hydroxylation sites is 1. The van der Waals surface area contributed by atoms with Crippen LogP contribution >= 0.6 is 0 Å². The molecule has 1 amide bonds. The second kappa shape index (κ2) is 8.44. The van der Waals surface area contributed by atoms with Crippen LogP contribution in [0.5, 0.6) is 0 Å². The Morgan fingerprint density at radius 3 is 2.43 bits per heavy atom. The Morgan fingerprint density at radius 1 is 1.13 bits per heavy atom. The number of hydrogen-bond donors (Lipinski definition) is 1. The lowest BCUT2D eigenvalue weighted by atomic mass is 10.1. The molecule has 23 heavy (non-hydrogen) atoms. The lowest BCUT2D eigenvalue weighted by molar-refractivity contribution is -0.121. The van der Waals surface area contributed by atoms with Crippen molar-refractivity contribution in [1.29, 1.82) is 0 Å². The molecular weight excluding hydrogens is 291 g/mol. The molecule has 0 bridgehead atoms. The minimum atomic E-state index is -0.338. The highest BCUT2D eigenvalue weighted by Crippen LogP contribution is 2.14. The fourth-order valence-corrected chi connectivity index (χ4v) is 2.48. The van der Waals surface area contributed by atoms with Gasteiger partial charge in [-0.05, 0) is 38.1 Å². The van der Waals surface area contributed by atoms with Gasteiger partial charge in [0.15, 0.2) is 0 Å². The lowest BCUT2D eigenvalue weighted by Crippen LogP contribution is -2.42. The fraction of sp³-hybridized carbons (Fsp3) is 0.316. The molecule has 0 radical (unpaired) electrons. The summed E-state index contributed by atoms with van der Waals surface area (Å²) in [5.74, 6) is -0.315. The SMILES string of the molecule is CCCN(Cc1ccccc1F)C(C)C(=O)Nc1ccccc1. The van der Waals surface area contributed by atoms with Gasteiger partial charge in [0.1, 0.15) is 5.82 Å². The van der Waals surface area contributed by atoms with Crippen LogP contribution in [0, 0.1) is 5.82 Å². The number of amides is 1. The Hall–Kier alpha value is -2.20. The molecule has 2 aromatic rings. The van der Waals surface area contributed by atoms with Gasteiger partial charge in [0, 0.05) is 17.8 Å². The average Bonchev–Trinajstić information content (AvgIpc) is 2.56. The normalized spacial score (nSPS) is 12.2. The van der Waals surface area contributed by atoms with Gasteiger partial charge in [-0.3, -0.25) is 9.69 Å². The first-order valence-corrected chi connectivity index (χ1v) is 7.95. The summed E-state index contributed by atoms with van der Waals surface area (Å²) < 4.78 is 13.9. The first kappa shape index (κ1) is 17.2. The number of hydrogen-bond acceptors (Lipinski definition) is 2. The molecule has 4 heteroatoms. The Morgan fingerprint density at radius 2 is 1.78 bits per heavy atom. The van der Waals surface area contributed by atoms with Crippen molar-refractivity contribution < 1.29 is 9.18 Å². The van der Waals surface area contributed by atoms with Crippen LogP contribution in [0.25, 0.3) is 0 Å². The van der Waals surface area contributed by atoms with Crippen LogP contribution in [0.3, 0.4) is 0 Å². The van der Waals surface area contributed by atoms with Crippen LogP contribution in [0.4, 0.5) is 10.1 Å². The molecule has 0 saturated heterocycles. The van der Waals surface area contributed by atoms with Crippen molar-refractivity contribution in [3.05, 3.63) is 66.0 Å².